The van der Waals surface area contributed by atoms with Gasteiger partial charge in [0.1, 0.15) is 11.6 Å². The number of hydrogen-bond donors (Lipinski definition) is 0. The summed E-state index contributed by atoms with van der Waals surface area (Å²) in [7, 11) is 2.00. The molecule has 1 atom stereocenters. The van der Waals surface area contributed by atoms with E-state index in [0.717, 1.165) is 23.1 Å². The normalized spacial score (nSPS) is 18.8. The Morgan fingerprint density at radius 2 is 2.04 bits per heavy atom. The zero-order valence-electron chi connectivity index (χ0n) is 14.5. The molecule has 1 saturated heterocycles. The first-order chi connectivity index (χ1) is 12.0. The standard InChI is InChI=1S/C18H20N4O3/c1-11-13-6-4-5-7-15(13)24-16(11)18(23)22-9-8-21(3)14(10-22)17-19-12(2)20-25-17/h4-7,14H,8-10H2,1-3H3. The number of rotatable bonds is 2. The second-order valence-electron chi connectivity index (χ2n) is 6.48. The molecule has 7 nitrogen and oxygen atoms in total. The van der Waals surface area contributed by atoms with Crippen molar-refractivity contribution in [2.45, 2.75) is 19.9 Å². The number of aryl methyl sites for hydroxylation is 2. The minimum atomic E-state index is -0.108. The number of nitrogens with zero attached hydrogens (tertiary/aromatic N) is 4. The molecule has 1 amide bonds. The van der Waals surface area contributed by atoms with E-state index in [1.54, 1.807) is 11.8 Å². The third-order valence-electron chi connectivity index (χ3n) is 4.80. The van der Waals surface area contributed by atoms with Gasteiger partial charge >= 0.3 is 0 Å². The summed E-state index contributed by atoms with van der Waals surface area (Å²) in [5, 5.41) is 4.84. The van der Waals surface area contributed by atoms with Crippen LogP contribution < -0.4 is 0 Å². The topological polar surface area (TPSA) is 75.6 Å². The monoisotopic (exact) mass is 340 g/mol. The molecular formula is C18H20N4O3. The smallest absolute Gasteiger partial charge is 0.289 e. The molecule has 0 N–H and O–H groups in total. The lowest BCUT2D eigenvalue weighted by Gasteiger charge is -2.37. The summed E-state index contributed by atoms with van der Waals surface area (Å²) in [6, 6.07) is 7.60. The van der Waals surface area contributed by atoms with Crippen LogP contribution in [0.25, 0.3) is 11.0 Å². The molecule has 4 rings (SSSR count). The lowest BCUT2D eigenvalue weighted by molar-refractivity contribution is 0.0463. The predicted octanol–water partition coefficient (Wildman–Crippen LogP) is 2.56. The zero-order chi connectivity index (χ0) is 17.6. The van der Waals surface area contributed by atoms with Gasteiger partial charge < -0.3 is 13.8 Å². The number of likely N-dealkylation sites (N-methyl/N-ethyl adjacent to an activating group) is 1. The lowest BCUT2D eigenvalue weighted by Crippen LogP contribution is -2.49. The number of amides is 1. The molecular weight excluding hydrogens is 320 g/mol. The number of hydrogen-bond acceptors (Lipinski definition) is 6. The van der Waals surface area contributed by atoms with Crippen LogP contribution in [-0.2, 0) is 0 Å². The Morgan fingerprint density at radius 3 is 2.76 bits per heavy atom. The fourth-order valence-electron chi connectivity index (χ4n) is 3.30. The largest absolute Gasteiger partial charge is 0.451 e. The van der Waals surface area contributed by atoms with Crippen molar-refractivity contribution in [3.05, 3.63) is 47.3 Å². The van der Waals surface area contributed by atoms with E-state index in [9.17, 15) is 4.79 Å². The van der Waals surface area contributed by atoms with Crippen LogP contribution in [0.4, 0.5) is 0 Å². The summed E-state index contributed by atoms with van der Waals surface area (Å²) in [6.45, 7) is 5.57. The molecule has 1 aliphatic heterocycles. The second kappa shape index (κ2) is 6.00. The molecule has 7 heteroatoms. The minimum absolute atomic E-state index is 0.0944. The average molecular weight is 340 g/mol. The molecule has 0 aliphatic carbocycles. The van der Waals surface area contributed by atoms with Crippen molar-refractivity contribution < 1.29 is 13.7 Å². The third-order valence-corrected chi connectivity index (χ3v) is 4.80. The number of fused-ring (bicyclic) bond motifs is 1. The SMILES string of the molecule is Cc1noc(C2CN(C(=O)c3oc4ccccc4c3C)CCN2C)n1. The van der Waals surface area contributed by atoms with E-state index in [-0.39, 0.29) is 11.9 Å². The Kier molecular flexibility index (Phi) is 3.80. The molecule has 130 valence electrons. The summed E-state index contributed by atoms with van der Waals surface area (Å²) in [4.78, 5) is 21.3. The van der Waals surface area contributed by atoms with Gasteiger partial charge in [0.25, 0.3) is 5.91 Å². The predicted molar refractivity (Wildman–Crippen MR) is 91.3 cm³/mol. The summed E-state index contributed by atoms with van der Waals surface area (Å²) < 4.78 is 11.1. The Morgan fingerprint density at radius 1 is 1.24 bits per heavy atom. The molecule has 1 fully saturated rings. The van der Waals surface area contributed by atoms with E-state index in [1.165, 1.54) is 0 Å². The van der Waals surface area contributed by atoms with Gasteiger partial charge in [-0.15, -0.1) is 0 Å². The van der Waals surface area contributed by atoms with Crippen molar-refractivity contribution >= 4 is 16.9 Å². The Labute approximate surface area is 145 Å². The second-order valence-corrected chi connectivity index (χ2v) is 6.48. The van der Waals surface area contributed by atoms with Crippen molar-refractivity contribution in [3.63, 3.8) is 0 Å². The molecule has 2 aromatic heterocycles. The fraction of sp³-hybridized carbons (Fsp3) is 0.389. The molecule has 3 aromatic rings. The van der Waals surface area contributed by atoms with E-state index in [2.05, 4.69) is 15.0 Å². The van der Waals surface area contributed by atoms with Crippen LogP contribution in [0.15, 0.2) is 33.2 Å². The van der Waals surface area contributed by atoms with Crippen LogP contribution in [-0.4, -0.2) is 52.5 Å². The molecule has 1 aromatic carbocycles. The van der Waals surface area contributed by atoms with Crippen molar-refractivity contribution in [2.24, 2.45) is 0 Å². The van der Waals surface area contributed by atoms with Gasteiger partial charge in [0, 0.05) is 30.6 Å². The molecule has 0 saturated carbocycles. The van der Waals surface area contributed by atoms with Gasteiger partial charge in [0.2, 0.25) is 5.89 Å². The molecule has 1 unspecified atom stereocenters. The number of aromatic nitrogens is 2. The van der Waals surface area contributed by atoms with Crippen molar-refractivity contribution in [3.8, 4) is 0 Å². The highest BCUT2D eigenvalue weighted by Gasteiger charge is 2.34. The van der Waals surface area contributed by atoms with Crippen molar-refractivity contribution in [2.75, 3.05) is 26.7 Å². The minimum Gasteiger partial charge on any atom is -0.451 e. The molecule has 0 spiro atoms. The Hall–Kier alpha value is -2.67. The molecule has 1 aliphatic rings. The van der Waals surface area contributed by atoms with Gasteiger partial charge in [0.05, 0.1) is 0 Å². The van der Waals surface area contributed by atoms with E-state index >= 15 is 0 Å². The number of furan rings is 1. The molecule has 25 heavy (non-hydrogen) atoms. The number of piperazine rings is 1. The van der Waals surface area contributed by atoms with Gasteiger partial charge in [-0.1, -0.05) is 23.4 Å². The maximum Gasteiger partial charge on any atom is 0.289 e. The highest BCUT2D eigenvalue weighted by molar-refractivity contribution is 5.99. The molecule has 0 bridgehead atoms. The van der Waals surface area contributed by atoms with Gasteiger partial charge in [-0.25, -0.2) is 0 Å². The van der Waals surface area contributed by atoms with Gasteiger partial charge in [-0.2, -0.15) is 4.98 Å². The van der Waals surface area contributed by atoms with Crippen LogP contribution in [0, 0.1) is 13.8 Å². The lowest BCUT2D eigenvalue weighted by atomic mass is 10.1. The van der Waals surface area contributed by atoms with E-state index < -0.39 is 0 Å². The number of benzene rings is 1. The first-order valence-electron chi connectivity index (χ1n) is 8.32. The Bertz CT molecular complexity index is 929. The van der Waals surface area contributed by atoms with E-state index in [0.29, 0.717) is 30.6 Å². The highest BCUT2D eigenvalue weighted by Crippen LogP contribution is 2.28. The average Bonchev–Trinajstić information content (AvgIpc) is 3.19. The van der Waals surface area contributed by atoms with Crippen molar-refractivity contribution in [1.29, 1.82) is 0 Å². The van der Waals surface area contributed by atoms with Crippen LogP contribution >= 0.6 is 0 Å². The third kappa shape index (κ3) is 2.70. The van der Waals surface area contributed by atoms with Crippen LogP contribution in [0.3, 0.4) is 0 Å². The first kappa shape index (κ1) is 15.8. The summed E-state index contributed by atoms with van der Waals surface area (Å²) in [6.07, 6.45) is 0. The summed E-state index contributed by atoms with van der Waals surface area (Å²) in [5.74, 6) is 1.45. The van der Waals surface area contributed by atoms with E-state index in [4.69, 9.17) is 8.94 Å². The Balaban J connectivity index is 1.62. The number of carbonyl (C=O) groups is 1. The summed E-state index contributed by atoms with van der Waals surface area (Å²) >= 11 is 0. The van der Waals surface area contributed by atoms with Gasteiger partial charge in [-0.05, 0) is 27.0 Å². The van der Waals surface area contributed by atoms with Crippen LogP contribution in [0.5, 0.6) is 0 Å². The fourth-order valence-corrected chi connectivity index (χ4v) is 3.30. The van der Waals surface area contributed by atoms with E-state index in [1.807, 2.05) is 38.2 Å². The number of para-hydroxylation sites is 1. The summed E-state index contributed by atoms with van der Waals surface area (Å²) in [5.41, 5.74) is 1.62. The first-order valence-corrected chi connectivity index (χ1v) is 8.32. The van der Waals surface area contributed by atoms with Gasteiger partial charge in [0.15, 0.2) is 11.6 Å². The maximum absolute atomic E-state index is 13.0. The van der Waals surface area contributed by atoms with Crippen LogP contribution in [0.1, 0.15) is 33.9 Å². The zero-order valence-corrected chi connectivity index (χ0v) is 14.5. The molecule has 0 radical (unpaired) electrons. The van der Waals surface area contributed by atoms with Crippen molar-refractivity contribution in [1.82, 2.24) is 19.9 Å². The van der Waals surface area contributed by atoms with Crippen LogP contribution in [0.2, 0.25) is 0 Å². The number of carbonyl (C=O) groups excluding carboxylic acids is 1. The highest BCUT2D eigenvalue weighted by atomic mass is 16.5. The van der Waals surface area contributed by atoms with Gasteiger partial charge in [-0.3, -0.25) is 9.69 Å². The quantitative estimate of drug-likeness (QED) is 0.714. The molecule has 3 heterocycles. The maximum atomic E-state index is 13.0.